The summed E-state index contributed by atoms with van der Waals surface area (Å²) >= 11 is 5.97. The van der Waals surface area contributed by atoms with Gasteiger partial charge in [-0.1, -0.05) is 23.7 Å². The molecule has 1 aliphatic rings. The predicted molar refractivity (Wildman–Crippen MR) is 127 cm³/mol. The Labute approximate surface area is 199 Å². The van der Waals surface area contributed by atoms with Crippen molar-refractivity contribution in [3.05, 3.63) is 85.7 Å². The molecule has 1 fully saturated rings. The highest BCUT2D eigenvalue weighted by molar-refractivity contribution is 6.30. The Morgan fingerprint density at radius 2 is 1.71 bits per heavy atom. The lowest BCUT2D eigenvalue weighted by atomic mass is 9.96. The summed E-state index contributed by atoms with van der Waals surface area (Å²) in [6.07, 6.45) is 3.32. The summed E-state index contributed by atoms with van der Waals surface area (Å²) in [5.41, 5.74) is 4.91. The van der Waals surface area contributed by atoms with E-state index in [1.807, 2.05) is 0 Å². The quantitative estimate of drug-likeness (QED) is 0.463. The van der Waals surface area contributed by atoms with Crippen molar-refractivity contribution >= 4 is 23.2 Å². The second-order valence-electron chi connectivity index (χ2n) is 8.09. The van der Waals surface area contributed by atoms with Gasteiger partial charge in [0.2, 0.25) is 11.5 Å². The highest BCUT2D eigenvalue weighted by Gasteiger charge is 2.19. The number of rotatable bonds is 8. The molecular weight excluding hydrogens is 460 g/mol. The van der Waals surface area contributed by atoms with Crippen LogP contribution >= 0.6 is 11.6 Å². The third-order valence-electron chi connectivity index (χ3n) is 5.61. The second kappa shape index (κ2) is 10.0. The number of benzene rings is 2. The van der Waals surface area contributed by atoms with E-state index in [1.165, 1.54) is 11.0 Å². The Bertz CT molecular complexity index is 1370. The van der Waals surface area contributed by atoms with E-state index in [1.54, 1.807) is 48.5 Å². The number of ether oxygens (including phenoxy) is 1. The third kappa shape index (κ3) is 5.23. The second-order valence-corrected chi connectivity index (χ2v) is 8.53. The summed E-state index contributed by atoms with van der Waals surface area (Å²) in [6.45, 7) is -0.121. The molecule has 2 aromatic carbocycles. The Morgan fingerprint density at radius 3 is 2.29 bits per heavy atom. The molecule has 1 amide bonds. The van der Waals surface area contributed by atoms with Crippen LogP contribution in [0.15, 0.2) is 63.1 Å². The number of carbonyl (C=O) groups excluding carboxylic acids is 1. The fourth-order valence-electron chi connectivity index (χ4n) is 3.49. The van der Waals surface area contributed by atoms with Gasteiger partial charge in [0.1, 0.15) is 5.75 Å². The fourth-order valence-corrected chi connectivity index (χ4v) is 3.62. The van der Waals surface area contributed by atoms with E-state index in [9.17, 15) is 14.4 Å². The van der Waals surface area contributed by atoms with Crippen LogP contribution < -0.4 is 33.3 Å². The minimum Gasteiger partial charge on any atom is -0.490 e. The van der Waals surface area contributed by atoms with Crippen LogP contribution in [0.1, 0.15) is 31.2 Å². The van der Waals surface area contributed by atoms with Crippen molar-refractivity contribution in [1.82, 2.24) is 13.8 Å². The van der Waals surface area contributed by atoms with Gasteiger partial charge in [0.15, 0.2) is 0 Å². The maximum atomic E-state index is 13.3. The summed E-state index contributed by atoms with van der Waals surface area (Å²) < 4.78 is 8.79. The van der Waals surface area contributed by atoms with Gasteiger partial charge in [-0.15, -0.1) is 0 Å². The van der Waals surface area contributed by atoms with Crippen LogP contribution in [0.5, 0.6) is 5.75 Å². The molecule has 178 valence electrons. The van der Waals surface area contributed by atoms with Crippen molar-refractivity contribution in [1.29, 1.82) is 0 Å². The lowest BCUT2D eigenvalue weighted by Crippen LogP contribution is -2.57. The van der Waals surface area contributed by atoms with Gasteiger partial charge in [0.05, 0.1) is 18.3 Å². The molecule has 0 aliphatic heterocycles. The van der Waals surface area contributed by atoms with Crippen LogP contribution in [-0.4, -0.2) is 25.8 Å². The highest BCUT2D eigenvalue weighted by Crippen LogP contribution is 2.26. The van der Waals surface area contributed by atoms with E-state index >= 15 is 0 Å². The maximum absolute atomic E-state index is 13.3. The molecule has 0 unspecified atom stereocenters. The number of hydrogen-bond acceptors (Lipinski definition) is 6. The molecule has 1 saturated carbocycles. The number of carbonyl (C=O) groups is 1. The van der Waals surface area contributed by atoms with Crippen molar-refractivity contribution in [2.75, 3.05) is 5.84 Å². The predicted octanol–water partition coefficient (Wildman–Crippen LogP) is 1.27. The molecule has 34 heavy (non-hydrogen) atoms. The minimum atomic E-state index is -0.803. The van der Waals surface area contributed by atoms with Crippen LogP contribution in [0.25, 0.3) is 0 Å². The molecule has 3 aromatic rings. The molecule has 1 aliphatic carbocycles. The Kier molecular flexibility index (Phi) is 6.87. The number of aromatic nitrogens is 3. The third-order valence-corrected chi connectivity index (χ3v) is 5.86. The summed E-state index contributed by atoms with van der Waals surface area (Å²) in [4.78, 5) is 41.8. The standard InChI is InChI=1S/C23H25ClN6O4/c24-16-6-4-15(5-7-16)14-29-21(30(26)23(33)28(22(29)32)13-12-20(25)31)27-17-8-10-19(11-9-17)34-18-2-1-3-18/h4-11,18H,1-3,12-14,26H2,(H2,25,31)/b27-21-. The smallest absolute Gasteiger partial charge is 0.353 e. The molecule has 0 radical (unpaired) electrons. The Morgan fingerprint density at radius 1 is 1.03 bits per heavy atom. The van der Waals surface area contributed by atoms with Crippen molar-refractivity contribution in [3.8, 4) is 5.75 Å². The zero-order valence-corrected chi connectivity index (χ0v) is 19.1. The summed E-state index contributed by atoms with van der Waals surface area (Å²) in [6, 6.07) is 13.9. The first-order chi connectivity index (χ1) is 16.3. The van der Waals surface area contributed by atoms with Gasteiger partial charge < -0.3 is 16.3 Å². The molecule has 0 atom stereocenters. The van der Waals surface area contributed by atoms with Crippen LogP contribution in [-0.2, 0) is 17.9 Å². The maximum Gasteiger partial charge on any atom is 0.353 e. The van der Waals surface area contributed by atoms with Crippen molar-refractivity contribution in [2.24, 2.45) is 10.7 Å². The molecule has 0 saturated heterocycles. The molecule has 4 rings (SSSR count). The molecule has 11 heteroatoms. The van der Waals surface area contributed by atoms with Crippen LogP contribution in [0.2, 0.25) is 5.02 Å². The number of nitrogens with zero attached hydrogens (tertiary/aromatic N) is 4. The molecule has 4 N–H and O–H groups in total. The molecule has 10 nitrogen and oxygen atoms in total. The average Bonchev–Trinajstić information content (AvgIpc) is 2.79. The Balaban J connectivity index is 1.79. The van der Waals surface area contributed by atoms with E-state index < -0.39 is 17.3 Å². The topological polar surface area (TPSA) is 140 Å². The highest BCUT2D eigenvalue weighted by atomic mass is 35.5. The normalized spacial score (nSPS) is 14.1. The molecular formula is C23H25ClN6O4. The van der Waals surface area contributed by atoms with Gasteiger partial charge in [-0.25, -0.2) is 19.1 Å². The van der Waals surface area contributed by atoms with E-state index in [2.05, 4.69) is 4.99 Å². The SMILES string of the molecule is NC(=O)CCn1c(=O)n(N)/c(=N\c2ccc(OC3CCC3)cc2)n(Cc2ccc(Cl)cc2)c1=O. The van der Waals surface area contributed by atoms with Gasteiger partial charge in [0.25, 0.3) is 0 Å². The number of amides is 1. The first-order valence-corrected chi connectivity index (χ1v) is 11.3. The lowest BCUT2D eigenvalue weighted by molar-refractivity contribution is -0.118. The van der Waals surface area contributed by atoms with Crippen molar-refractivity contribution < 1.29 is 9.53 Å². The van der Waals surface area contributed by atoms with Gasteiger partial charge in [-0.3, -0.25) is 9.36 Å². The van der Waals surface area contributed by atoms with Gasteiger partial charge in [-0.05, 0) is 61.2 Å². The number of hydrogen-bond donors (Lipinski definition) is 2. The monoisotopic (exact) mass is 484 g/mol. The van der Waals surface area contributed by atoms with E-state index in [0.29, 0.717) is 10.7 Å². The zero-order chi connectivity index (χ0) is 24.2. The summed E-state index contributed by atoms with van der Waals surface area (Å²) in [7, 11) is 0. The van der Waals surface area contributed by atoms with Gasteiger partial charge in [0, 0.05) is 18.0 Å². The number of halogens is 1. The van der Waals surface area contributed by atoms with Gasteiger partial charge >= 0.3 is 11.4 Å². The van der Waals surface area contributed by atoms with Crippen LogP contribution in [0, 0.1) is 0 Å². The molecule has 0 bridgehead atoms. The lowest BCUT2D eigenvalue weighted by Gasteiger charge is -2.26. The van der Waals surface area contributed by atoms with E-state index in [0.717, 1.165) is 33.4 Å². The average molecular weight is 485 g/mol. The van der Waals surface area contributed by atoms with Crippen molar-refractivity contribution in [2.45, 2.75) is 44.9 Å². The summed E-state index contributed by atoms with van der Waals surface area (Å²) in [5.74, 6) is 6.16. The van der Waals surface area contributed by atoms with Crippen LogP contribution in [0.3, 0.4) is 0 Å². The van der Waals surface area contributed by atoms with Crippen molar-refractivity contribution in [3.63, 3.8) is 0 Å². The number of primary amides is 1. The minimum absolute atomic E-state index is 0.0482. The summed E-state index contributed by atoms with van der Waals surface area (Å²) in [5, 5.41) is 0.547. The fraction of sp³-hybridized carbons (Fsp3) is 0.304. The zero-order valence-electron chi connectivity index (χ0n) is 18.4. The first-order valence-electron chi connectivity index (χ1n) is 10.9. The van der Waals surface area contributed by atoms with E-state index in [-0.39, 0.29) is 31.2 Å². The van der Waals surface area contributed by atoms with E-state index in [4.69, 9.17) is 27.9 Å². The van der Waals surface area contributed by atoms with Gasteiger partial charge in [-0.2, -0.15) is 4.68 Å². The molecule has 0 spiro atoms. The number of nitrogens with two attached hydrogens (primary N) is 2. The molecule has 1 heterocycles. The largest absolute Gasteiger partial charge is 0.490 e. The molecule has 1 aromatic heterocycles. The van der Waals surface area contributed by atoms with Crippen LogP contribution in [0.4, 0.5) is 5.69 Å². The first kappa shape index (κ1) is 23.4. The number of nitrogen functional groups attached to an aromatic ring is 1. The Hall–Kier alpha value is -3.79.